The molecule has 1 aromatic heterocycles. The molecule has 0 saturated heterocycles. The van der Waals surface area contributed by atoms with Gasteiger partial charge in [-0.2, -0.15) is 10.2 Å². The van der Waals surface area contributed by atoms with E-state index in [1.165, 1.54) is 23.4 Å². The van der Waals surface area contributed by atoms with Crippen LogP contribution in [0.4, 0.5) is 5.69 Å². The van der Waals surface area contributed by atoms with Crippen molar-refractivity contribution in [1.29, 1.82) is 0 Å². The fourth-order valence-electron chi connectivity index (χ4n) is 1.60. The van der Waals surface area contributed by atoms with Gasteiger partial charge in [0.2, 0.25) is 0 Å². The summed E-state index contributed by atoms with van der Waals surface area (Å²) >= 11 is 0. The highest BCUT2D eigenvalue weighted by atomic mass is 16.4. The number of benzene rings is 1. The second-order valence-corrected chi connectivity index (χ2v) is 3.75. The van der Waals surface area contributed by atoms with Crippen LogP contribution in [0, 0.1) is 0 Å². The topological polar surface area (TPSA) is 83.4 Å². The van der Waals surface area contributed by atoms with Crippen molar-refractivity contribution < 1.29 is 14.7 Å². The molecule has 0 saturated carbocycles. The van der Waals surface area contributed by atoms with Gasteiger partial charge in [0.05, 0.1) is 18.0 Å². The highest BCUT2D eigenvalue weighted by Crippen LogP contribution is 2.16. The van der Waals surface area contributed by atoms with E-state index >= 15 is 0 Å². The Hall–Kier alpha value is -2.76. The first-order valence-corrected chi connectivity index (χ1v) is 5.54. The van der Waals surface area contributed by atoms with Crippen LogP contribution in [-0.4, -0.2) is 33.7 Å². The lowest BCUT2D eigenvalue weighted by atomic mass is 10.2. The van der Waals surface area contributed by atoms with Crippen LogP contribution in [0.2, 0.25) is 0 Å². The van der Waals surface area contributed by atoms with Gasteiger partial charge in [-0.3, -0.25) is 14.5 Å². The van der Waals surface area contributed by atoms with Crippen molar-refractivity contribution in [2.45, 2.75) is 0 Å². The molecule has 1 amide bonds. The lowest BCUT2D eigenvalue weighted by Crippen LogP contribution is -2.35. The van der Waals surface area contributed by atoms with E-state index in [1.54, 1.807) is 30.3 Å². The molecule has 0 atom stereocenters. The standard InChI is InChI=1S/C13H11N3O3/c17-12(18)9-16(11-4-2-1-3-5-11)13(19)10-6-7-14-15-8-10/h1-8H,9H2,(H,17,18). The van der Waals surface area contributed by atoms with Crippen LogP contribution in [0.5, 0.6) is 0 Å². The average molecular weight is 257 g/mol. The Labute approximate surface area is 109 Å². The van der Waals surface area contributed by atoms with Gasteiger partial charge < -0.3 is 5.11 Å². The fraction of sp³-hybridized carbons (Fsp3) is 0.0769. The minimum atomic E-state index is -1.08. The number of aromatic nitrogens is 2. The third kappa shape index (κ3) is 3.12. The van der Waals surface area contributed by atoms with Gasteiger partial charge in [0.1, 0.15) is 6.54 Å². The zero-order valence-corrected chi connectivity index (χ0v) is 9.93. The number of para-hydroxylation sites is 1. The first-order chi connectivity index (χ1) is 9.18. The molecule has 0 fully saturated rings. The van der Waals surface area contributed by atoms with Crippen molar-refractivity contribution in [2.24, 2.45) is 0 Å². The summed E-state index contributed by atoms with van der Waals surface area (Å²) < 4.78 is 0. The number of amides is 1. The quantitative estimate of drug-likeness (QED) is 0.890. The van der Waals surface area contributed by atoms with Gasteiger partial charge in [-0.05, 0) is 18.2 Å². The number of rotatable bonds is 4. The van der Waals surface area contributed by atoms with Crippen LogP contribution in [0.25, 0.3) is 0 Å². The summed E-state index contributed by atoms with van der Waals surface area (Å²) in [6.45, 7) is -0.412. The molecule has 1 aromatic carbocycles. The van der Waals surface area contributed by atoms with Crippen molar-refractivity contribution in [1.82, 2.24) is 10.2 Å². The molecule has 1 heterocycles. The molecule has 0 aliphatic heterocycles. The van der Waals surface area contributed by atoms with Crippen molar-refractivity contribution in [3.63, 3.8) is 0 Å². The first kappa shape index (κ1) is 12.7. The molecule has 2 rings (SSSR count). The van der Waals surface area contributed by atoms with E-state index in [9.17, 15) is 9.59 Å². The number of hydrogen-bond acceptors (Lipinski definition) is 4. The molecule has 6 nitrogen and oxygen atoms in total. The normalized spacial score (nSPS) is 9.89. The number of nitrogens with zero attached hydrogens (tertiary/aromatic N) is 3. The molecule has 1 N–H and O–H groups in total. The second kappa shape index (κ2) is 5.72. The van der Waals surface area contributed by atoms with Gasteiger partial charge in [-0.1, -0.05) is 18.2 Å². The van der Waals surface area contributed by atoms with Crippen LogP contribution in [0.15, 0.2) is 48.8 Å². The molecular weight excluding hydrogens is 246 g/mol. The van der Waals surface area contributed by atoms with E-state index in [0.29, 0.717) is 11.3 Å². The average Bonchev–Trinajstić information content (AvgIpc) is 2.46. The van der Waals surface area contributed by atoms with Gasteiger partial charge in [-0.25, -0.2) is 0 Å². The third-order valence-corrected chi connectivity index (χ3v) is 2.44. The van der Waals surface area contributed by atoms with Crippen molar-refractivity contribution in [3.05, 3.63) is 54.4 Å². The summed E-state index contributed by atoms with van der Waals surface area (Å²) in [5.41, 5.74) is 0.812. The second-order valence-electron chi connectivity index (χ2n) is 3.75. The molecule has 0 aliphatic carbocycles. The predicted octanol–water partition coefficient (Wildman–Crippen LogP) is 1.21. The van der Waals surface area contributed by atoms with Crippen molar-refractivity contribution in [3.8, 4) is 0 Å². The van der Waals surface area contributed by atoms with E-state index in [0.717, 1.165) is 0 Å². The van der Waals surface area contributed by atoms with Crippen LogP contribution >= 0.6 is 0 Å². The molecule has 0 radical (unpaired) electrons. The zero-order chi connectivity index (χ0) is 13.7. The molecule has 0 bridgehead atoms. The van der Waals surface area contributed by atoms with Crippen LogP contribution < -0.4 is 4.90 Å². The highest BCUT2D eigenvalue weighted by Gasteiger charge is 2.20. The number of hydrogen-bond donors (Lipinski definition) is 1. The number of aliphatic carboxylic acids is 1. The smallest absolute Gasteiger partial charge is 0.323 e. The molecule has 19 heavy (non-hydrogen) atoms. The van der Waals surface area contributed by atoms with Gasteiger partial charge >= 0.3 is 5.97 Å². The molecular formula is C13H11N3O3. The Morgan fingerprint density at radius 2 is 1.84 bits per heavy atom. The van der Waals surface area contributed by atoms with Crippen molar-refractivity contribution in [2.75, 3.05) is 11.4 Å². The summed E-state index contributed by atoms with van der Waals surface area (Å²) in [4.78, 5) is 24.4. The van der Waals surface area contributed by atoms with Crippen molar-refractivity contribution >= 4 is 17.6 Å². The number of anilines is 1. The van der Waals surface area contributed by atoms with Gasteiger partial charge in [0.15, 0.2) is 0 Å². The summed E-state index contributed by atoms with van der Waals surface area (Å²) in [6, 6.07) is 10.1. The van der Waals surface area contributed by atoms with E-state index in [2.05, 4.69) is 10.2 Å². The fourth-order valence-corrected chi connectivity index (χ4v) is 1.60. The third-order valence-electron chi connectivity index (χ3n) is 2.44. The van der Waals surface area contributed by atoms with E-state index in [4.69, 9.17) is 5.11 Å². The monoisotopic (exact) mass is 257 g/mol. The predicted molar refractivity (Wildman–Crippen MR) is 67.8 cm³/mol. The molecule has 0 unspecified atom stereocenters. The maximum absolute atomic E-state index is 12.3. The van der Waals surface area contributed by atoms with Crippen LogP contribution in [-0.2, 0) is 4.79 Å². The Bertz CT molecular complexity index is 572. The zero-order valence-electron chi connectivity index (χ0n) is 9.93. The molecule has 0 spiro atoms. The molecule has 96 valence electrons. The summed E-state index contributed by atoms with van der Waals surface area (Å²) in [6.07, 6.45) is 2.69. The van der Waals surface area contributed by atoms with E-state index < -0.39 is 18.4 Å². The SMILES string of the molecule is O=C(O)CN(C(=O)c1ccnnc1)c1ccccc1. The largest absolute Gasteiger partial charge is 0.480 e. The maximum atomic E-state index is 12.3. The number of carbonyl (C=O) groups is 2. The first-order valence-electron chi connectivity index (χ1n) is 5.54. The lowest BCUT2D eigenvalue weighted by molar-refractivity contribution is -0.135. The van der Waals surface area contributed by atoms with Gasteiger partial charge in [0.25, 0.3) is 5.91 Å². The minimum absolute atomic E-state index is 0.292. The number of carbonyl (C=O) groups excluding carboxylic acids is 1. The van der Waals surface area contributed by atoms with Gasteiger partial charge in [0, 0.05) is 5.69 Å². The van der Waals surface area contributed by atoms with Crippen LogP contribution in [0.3, 0.4) is 0 Å². The number of carboxylic acids is 1. The van der Waals surface area contributed by atoms with Crippen LogP contribution in [0.1, 0.15) is 10.4 Å². The highest BCUT2D eigenvalue weighted by molar-refractivity contribution is 6.07. The Morgan fingerprint density at radius 1 is 1.11 bits per heavy atom. The lowest BCUT2D eigenvalue weighted by Gasteiger charge is -2.20. The van der Waals surface area contributed by atoms with E-state index in [-0.39, 0.29) is 0 Å². The summed E-state index contributed by atoms with van der Waals surface area (Å²) in [7, 11) is 0. The number of carboxylic acid groups (broad SMARTS) is 1. The molecule has 0 aliphatic rings. The van der Waals surface area contributed by atoms with E-state index in [1.807, 2.05) is 0 Å². The summed E-state index contributed by atoms with van der Waals surface area (Å²) in [5, 5.41) is 16.1. The van der Waals surface area contributed by atoms with Gasteiger partial charge in [-0.15, -0.1) is 0 Å². The molecule has 2 aromatic rings. The molecule has 6 heteroatoms. The maximum Gasteiger partial charge on any atom is 0.323 e. The summed E-state index contributed by atoms with van der Waals surface area (Å²) in [5.74, 6) is -1.51. The minimum Gasteiger partial charge on any atom is -0.480 e. The Morgan fingerprint density at radius 3 is 2.42 bits per heavy atom. The Balaban J connectivity index is 2.33. The Kier molecular flexibility index (Phi) is 3.82.